The smallest absolute Gasteiger partial charge is 0.150 e. The van der Waals surface area contributed by atoms with Crippen LogP contribution < -0.4 is 0 Å². The van der Waals surface area contributed by atoms with Crippen molar-refractivity contribution < 1.29 is 10.0 Å². The monoisotopic (exact) mass is 269 g/mol. The van der Waals surface area contributed by atoms with Gasteiger partial charge in [0.2, 0.25) is 0 Å². The first-order chi connectivity index (χ1) is 9.41. The fourth-order valence-corrected chi connectivity index (χ4v) is 3.82. The highest BCUT2D eigenvalue weighted by Gasteiger charge is 2.58. The van der Waals surface area contributed by atoms with Gasteiger partial charge in [0.15, 0.2) is 0 Å². The molecule has 20 heavy (non-hydrogen) atoms. The second-order valence-electron chi connectivity index (χ2n) is 6.58. The Kier molecular flexibility index (Phi) is 2.65. The number of rotatable bonds is 1. The topological polar surface area (TPSA) is 49.7 Å². The Morgan fingerprint density at radius 3 is 2.45 bits per heavy atom. The van der Waals surface area contributed by atoms with Gasteiger partial charge in [0.25, 0.3) is 0 Å². The van der Waals surface area contributed by atoms with E-state index < -0.39 is 10.8 Å². The Morgan fingerprint density at radius 1 is 1.20 bits per heavy atom. The molecule has 3 aliphatic carbocycles. The van der Waals surface area contributed by atoms with Crippen LogP contribution in [0.2, 0.25) is 0 Å². The summed E-state index contributed by atoms with van der Waals surface area (Å²) in [6.45, 7) is 5.86. The second-order valence-corrected chi connectivity index (χ2v) is 6.58. The van der Waals surface area contributed by atoms with Crippen LogP contribution in [0.5, 0.6) is 0 Å². The van der Waals surface area contributed by atoms with Crippen LogP contribution in [-0.2, 0) is 4.79 Å². The summed E-state index contributed by atoms with van der Waals surface area (Å²) in [6.07, 6.45) is 2.63. The first-order valence-electron chi connectivity index (χ1n) is 6.94. The van der Waals surface area contributed by atoms with Gasteiger partial charge in [0.05, 0.1) is 11.1 Å². The number of nitrogens with zero attached hydrogens (tertiary/aromatic N) is 1. The molecule has 0 heterocycles. The lowest BCUT2D eigenvalue weighted by Gasteiger charge is -2.51. The van der Waals surface area contributed by atoms with E-state index in [1.807, 2.05) is 51.1 Å². The number of hydrogen-bond acceptors (Lipinski definition) is 3. The zero-order chi connectivity index (χ0) is 14.5. The van der Waals surface area contributed by atoms with Crippen molar-refractivity contribution >= 4 is 17.1 Å². The Hall–Kier alpha value is -1.90. The minimum Gasteiger partial charge on any atom is -0.411 e. The van der Waals surface area contributed by atoms with Gasteiger partial charge in [0, 0.05) is 17.8 Å². The predicted octanol–water partition coefficient (Wildman–Crippen LogP) is 3.54. The van der Waals surface area contributed by atoms with Crippen LogP contribution in [0.15, 0.2) is 41.6 Å². The van der Waals surface area contributed by atoms with E-state index in [2.05, 4.69) is 11.2 Å². The van der Waals surface area contributed by atoms with Crippen LogP contribution in [0.25, 0.3) is 5.57 Å². The maximum atomic E-state index is 12.9. The normalized spacial score (nSPS) is 33.4. The molecule has 2 bridgehead atoms. The zero-order valence-electron chi connectivity index (χ0n) is 12.1. The molecule has 4 rings (SSSR count). The molecule has 0 saturated heterocycles. The van der Waals surface area contributed by atoms with Gasteiger partial charge in [-0.15, -0.1) is 0 Å². The number of carbonyl (C=O) groups excluding carboxylic acids is 1. The van der Waals surface area contributed by atoms with Crippen molar-refractivity contribution in [3.8, 4) is 0 Å². The minimum atomic E-state index is -0.596. The number of allylic oxidation sites excluding steroid dienone is 2. The molecular weight excluding hydrogens is 250 g/mol. The molecule has 1 aromatic carbocycles. The third-order valence-corrected chi connectivity index (χ3v) is 4.90. The van der Waals surface area contributed by atoms with Crippen molar-refractivity contribution in [1.82, 2.24) is 0 Å². The summed E-state index contributed by atoms with van der Waals surface area (Å²) in [4.78, 5) is 12.9. The van der Waals surface area contributed by atoms with Crippen molar-refractivity contribution in [2.24, 2.45) is 21.9 Å². The van der Waals surface area contributed by atoms with Crippen LogP contribution in [0, 0.1) is 16.7 Å². The average Bonchev–Trinajstić information content (AvgIpc) is 2.45. The van der Waals surface area contributed by atoms with Gasteiger partial charge in [0.1, 0.15) is 5.78 Å². The summed E-state index contributed by atoms with van der Waals surface area (Å²) in [5, 5.41) is 12.7. The van der Waals surface area contributed by atoms with Crippen LogP contribution in [0.3, 0.4) is 0 Å². The molecule has 1 aromatic rings. The molecule has 3 heteroatoms. The SMILES string of the molecule is CC1(C)C(=O)[C@@]2(C)C/C(=N\O)[C@@H]1C=C2c1ccccc1. The van der Waals surface area contributed by atoms with Crippen molar-refractivity contribution in [1.29, 1.82) is 0 Å². The summed E-state index contributed by atoms with van der Waals surface area (Å²) >= 11 is 0. The maximum Gasteiger partial charge on any atom is 0.150 e. The summed E-state index contributed by atoms with van der Waals surface area (Å²) in [7, 11) is 0. The molecule has 104 valence electrons. The van der Waals surface area contributed by atoms with E-state index in [4.69, 9.17) is 0 Å². The number of benzene rings is 1. The first-order valence-corrected chi connectivity index (χ1v) is 6.94. The van der Waals surface area contributed by atoms with Crippen molar-refractivity contribution in [3.63, 3.8) is 0 Å². The van der Waals surface area contributed by atoms with E-state index in [9.17, 15) is 10.0 Å². The quantitative estimate of drug-likeness (QED) is 0.626. The van der Waals surface area contributed by atoms with Gasteiger partial charge in [-0.2, -0.15) is 0 Å². The molecule has 1 saturated carbocycles. The Labute approximate surface area is 119 Å². The van der Waals surface area contributed by atoms with E-state index in [1.165, 1.54) is 0 Å². The molecule has 2 atom stereocenters. The molecule has 3 aliphatic rings. The van der Waals surface area contributed by atoms with Gasteiger partial charge in [-0.05, 0) is 18.1 Å². The van der Waals surface area contributed by atoms with Crippen LogP contribution in [-0.4, -0.2) is 16.7 Å². The average molecular weight is 269 g/mol. The minimum absolute atomic E-state index is 0.114. The molecule has 0 aliphatic heterocycles. The third-order valence-electron chi connectivity index (χ3n) is 4.90. The number of ketones is 1. The lowest BCUT2D eigenvalue weighted by molar-refractivity contribution is -0.136. The summed E-state index contributed by atoms with van der Waals surface area (Å²) in [5.74, 6) is 0.126. The lowest BCUT2D eigenvalue weighted by atomic mass is 9.50. The molecule has 0 aromatic heterocycles. The maximum absolute atomic E-state index is 12.9. The number of Topliss-reactive ketones (excluding diaryl/α,β-unsaturated/α-hetero) is 1. The van der Waals surface area contributed by atoms with Crippen LogP contribution in [0.4, 0.5) is 0 Å². The lowest BCUT2D eigenvalue weighted by Crippen LogP contribution is -2.55. The van der Waals surface area contributed by atoms with Crippen LogP contribution >= 0.6 is 0 Å². The highest BCUT2D eigenvalue weighted by molar-refractivity contribution is 6.14. The summed E-state index contributed by atoms with van der Waals surface area (Å²) < 4.78 is 0. The Balaban J connectivity index is 2.22. The van der Waals surface area contributed by atoms with Crippen LogP contribution in [0.1, 0.15) is 32.8 Å². The van der Waals surface area contributed by atoms with E-state index in [0.717, 1.165) is 16.8 Å². The van der Waals surface area contributed by atoms with E-state index in [1.54, 1.807) is 0 Å². The van der Waals surface area contributed by atoms with E-state index >= 15 is 0 Å². The van der Waals surface area contributed by atoms with E-state index in [0.29, 0.717) is 6.42 Å². The largest absolute Gasteiger partial charge is 0.411 e. The molecule has 1 fully saturated rings. The molecule has 3 nitrogen and oxygen atoms in total. The summed E-state index contributed by atoms with van der Waals surface area (Å²) in [5.41, 5.74) is 1.77. The van der Waals surface area contributed by atoms with Gasteiger partial charge in [-0.25, -0.2) is 0 Å². The molecular formula is C17H19NO2. The fraction of sp³-hybridized carbons (Fsp3) is 0.412. The van der Waals surface area contributed by atoms with Gasteiger partial charge in [-0.3, -0.25) is 4.79 Å². The van der Waals surface area contributed by atoms with E-state index in [-0.39, 0.29) is 11.7 Å². The standard InChI is InChI=1S/C17H19NO2/c1-16(2)13-9-12(11-7-5-4-6-8-11)17(3,15(16)19)10-14(13)18-20/h4-9,13,20H,10H2,1-3H3/b18-14+/t13-,17-/m0/s1. The van der Waals surface area contributed by atoms with Gasteiger partial charge in [-0.1, -0.05) is 55.4 Å². The predicted molar refractivity (Wildman–Crippen MR) is 78.6 cm³/mol. The number of hydrogen-bond donors (Lipinski definition) is 1. The number of oxime groups is 1. The first kappa shape index (κ1) is 13.1. The van der Waals surface area contributed by atoms with Crippen molar-refractivity contribution in [2.75, 3.05) is 0 Å². The third kappa shape index (κ3) is 1.52. The van der Waals surface area contributed by atoms with Crippen molar-refractivity contribution in [2.45, 2.75) is 27.2 Å². The van der Waals surface area contributed by atoms with Crippen molar-refractivity contribution in [3.05, 3.63) is 42.0 Å². The second kappa shape index (κ2) is 4.05. The van der Waals surface area contributed by atoms with Gasteiger partial charge < -0.3 is 5.21 Å². The van der Waals surface area contributed by atoms with Gasteiger partial charge >= 0.3 is 0 Å². The molecule has 1 N–H and O–H groups in total. The highest BCUT2D eigenvalue weighted by atomic mass is 16.4. The fourth-order valence-electron chi connectivity index (χ4n) is 3.82. The number of fused-ring (bicyclic) bond motifs is 2. The molecule has 0 radical (unpaired) electrons. The Bertz CT molecular complexity index is 628. The Morgan fingerprint density at radius 2 is 1.85 bits per heavy atom. The summed E-state index contributed by atoms with van der Waals surface area (Å²) in [6, 6.07) is 10.0. The molecule has 0 unspecified atom stereocenters. The highest BCUT2D eigenvalue weighted by Crippen LogP contribution is 2.57. The zero-order valence-corrected chi connectivity index (χ0v) is 12.1. The number of carbonyl (C=O) groups is 1. The molecule has 0 spiro atoms. The molecule has 0 amide bonds.